The molecular weight excluding hydrogens is 539 g/mol. The van der Waals surface area contributed by atoms with Crippen LogP contribution in [0.3, 0.4) is 0 Å². The molecule has 1 aromatic heterocycles. The van der Waals surface area contributed by atoms with Gasteiger partial charge in [-0.25, -0.2) is 14.7 Å². The maximum absolute atomic E-state index is 13.4. The summed E-state index contributed by atoms with van der Waals surface area (Å²) in [5.41, 5.74) is -4.61. The Bertz CT molecular complexity index is 1210. The third kappa shape index (κ3) is 8.58. The second-order valence-electron chi connectivity index (χ2n) is 9.50. The Hall–Kier alpha value is -3.34. The van der Waals surface area contributed by atoms with Gasteiger partial charge in [-0.3, -0.25) is 9.79 Å². The number of nitrogens with zero attached hydrogens (tertiary/aromatic N) is 4. The highest BCUT2D eigenvalue weighted by atomic mass is 32.2. The maximum Gasteiger partial charge on any atom is 0.446 e. The molecule has 1 fully saturated rings. The molecule has 0 bridgehead atoms. The number of amidine groups is 1. The molecule has 1 aliphatic rings. The summed E-state index contributed by atoms with van der Waals surface area (Å²) in [6, 6.07) is 8.22. The molecule has 1 unspecified atom stereocenters. The summed E-state index contributed by atoms with van der Waals surface area (Å²) in [4.78, 5) is 37.7. The summed E-state index contributed by atoms with van der Waals surface area (Å²) >= 11 is -0.253. The van der Waals surface area contributed by atoms with Crippen LogP contribution in [0.25, 0.3) is 0 Å². The minimum Gasteiger partial charge on any atom is -0.329 e. The molecule has 3 rings (SSSR count). The second kappa shape index (κ2) is 14.3. The van der Waals surface area contributed by atoms with Crippen molar-refractivity contribution in [2.24, 2.45) is 10.9 Å². The predicted molar refractivity (Wildman–Crippen MR) is 157 cm³/mol. The maximum atomic E-state index is 13.4. The minimum atomic E-state index is -4.42. The van der Waals surface area contributed by atoms with Crippen LogP contribution in [0.4, 0.5) is 29.5 Å². The molecule has 1 aromatic carbocycles. The standard InChI is InChI=1S/C27H32F3N5O2S.C2H6/c1-6-7-18(2)8-13-22(31-5)33-23-16-19(14-15-32-23)17-34-25(37)35(24(36)26(34,3)4)20-9-11-21(12-10-20)38-27(28,29)30;1-2/h6-7,9-12,14-16,18H,8,13,17H2,1-5H3,(H,31,32,33);1-2H3/b7-6-;. The Morgan fingerprint density at radius 3 is 2.40 bits per heavy atom. The number of nitrogens with one attached hydrogen (secondary N) is 1. The molecule has 2 heterocycles. The number of aliphatic imine (C=N–C) groups is 1. The zero-order valence-electron chi connectivity index (χ0n) is 24.0. The van der Waals surface area contributed by atoms with Gasteiger partial charge in [-0.05, 0) is 86.8 Å². The van der Waals surface area contributed by atoms with Crippen LogP contribution in [0.5, 0.6) is 0 Å². The minimum absolute atomic E-state index is 0.0282. The van der Waals surface area contributed by atoms with Gasteiger partial charge in [0, 0.05) is 31.1 Å². The molecule has 0 spiro atoms. The number of hydrogen-bond donors (Lipinski definition) is 1. The normalized spacial score (nSPS) is 16.3. The van der Waals surface area contributed by atoms with Crippen LogP contribution in [0, 0.1) is 5.92 Å². The molecule has 1 saturated heterocycles. The van der Waals surface area contributed by atoms with E-state index in [4.69, 9.17) is 0 Å². The van der Waals surface area contributed by atoms with E-state index >= 15 is 0 Å². The highest BCUT2D eigenvalue weighted by Crippen LogP contribution is 2.39. The van der Waals surface area contributed by atoms with Gasteiger partial charge in [0.25, 0.3) is 5.91 Å². The smallest absolute Gasteiger partial charge is 0.329 e. The molecule has 0 saturated carbocycles. The van der Waals surface area contributed by atoms with Crippen LogP contribution in [0.2, 0.25) is 0 Å². The van der Waals surface area contributed by atoms with Crippen molar-refractivity contribution in [3.05, 3.63) is 60.3 Å². The van der Waals surface area contributed by atoms with Crippen molar-refractivity contribution in [3.63, 3.8) is 0 Å². The first-order valence-electron chi connectivity index (χ1n) is 13.2. The molecule has 2 aromatic rings. The zero-order chi connectivity index (χ0) is 30.1. The predicted octanol–water partition coefficient (Wildman–Crippen LogP) is 7.90. The summed E-state index contributed by atoms with van der Waals surface area (Å²) in [7, 11) is 1.71. The summed E-state index contributed by atoms with van der Waals surface area (Å²) < 4.78 is 38.0. The zero-order valence-corrected chi connectivity index (χ0v) is 24.9. The number of anilines is 2. The molecule has 3 amide bonds. The number of hydrogen-bond acceptors (Lipinski definition) is 5. The van der Waals surface area contributed by atoms with E-state index in [9.17, 15) is 22.8 Å². The highest BCUT2D eigenvalue weighted by molar-refractivity contribution is 8.00. The molecule has 7 nitrogen and oxygen atoms in total. The van der Waals surface area contributed by atoms with Crippen LogP contribution in [-0.2, 0) is 11.3 Å². The number of urea groups is 1. The number of allylic oxidation sites excluding steroid dienone is 2. The second-order valence-corrected chi connectivity index (χ2v) is 10.6. The third-order valence-electron chi connectivity index (χ3n) is 6.22. The number of alkyl halides is 3. The molecule has 0 aliphatic carbocycles. The van der Waals surface area contributed by atoms with Crippen LogP contribution in [0.15, 0.2) is 64.6 Å². The summed E-state index contributed by atoms with van der Waals surface area (Å²) in [6.07, 6.45) is 7.46. The fraction of sp³-hybridized carbons (Fsp3) is 0.448. The lowest BCUT2D eigenvalue weighted by Gasteiger charge is -2.27. The van der Waals surface area contributed by atoms with Crippen LogP contribution >= 0.6 is 11.8 Å². The molecule has 1 aliphatic heterocycles. The average Bonchev–Trinajstić information content (AvgIpc) is 3.07. The summed E-state index contributed by atoms with van der Waals surface area (Å²) in [5.74, 6) is 1.33. The van der Waals surface area contributed by atoms with E-state index in [2.05, 4.69) is 28.3 Å². The van der Waals surface area contributed by atoms with Crippen molar-refractivity contribution >= 4 is 41.0 Å². The lowest BCUT2D eigenvalue weighted by atomic mass is 10.0. The van der Waals surface area contributed by atoms with Gasteiger partial charge in [0.15, 0.2) is 0 Å². The molecule has 218 valence electrons. The molecule has 40 heavy (non-hydrogen) atoms. The topological polar surface area (TPSA) is 77.9 Å². The first-order chi connectivity index (χ1) is 18.9. The number of rotatable bonds is 9. The van der Waals surface area contributed by atoms with Gasteiger partial charge in [0.2, 0.25) is 0 Å². The first kappa shape index (κ1) is 32.9. The average molecular weight is 578 g/mol. The number of amides is 3. The largest absolute Gasteiger partial charge is 0.446 e. The van der Waals surface area contributed by atoms with Crippen molar-refractivity contribution < 1.29 is 22.8 Å². The molecule has 11 heteroatoms. The van der Waals surface area contributed by atoms with Gasteiger partial charge < -0.3 is 10.2 Å². The van der Waals surface area contributed by atoms with Gasteiger partial charge in [0.1, 0.15) is 17.2 Å². The van der Waals surface area contributed by atoms with Crippen LogP contribution < -0.4 is 10.2 Å². The van der Waals surface area contributed by atoms with E-state index in [1.165, 1.54) is 29.2 Å². The summed E-state index contributed by atoms with van der Waals surface area (Å²) in [5, 5.41) is 3.24. The Morgan fingerprint density at radius 2 is 1.82 bits per heavy atom. The molecular formula is C29H38F3N5O2S. The number of imide groups is 1. The molecule has 0 radical (unpaired) electrons. The monoisotopic (exact) mass is 577 g/mol. The van der Waals surface area contributed by atoms with Crippen LogP contribution in [-0.4, -0.2) is 45.8 Å². The van der Waals surface area contributed by atoms with Gasteiger partial charge in [-0.2, -0.15) is 13.2 Å². The van der Waals surface area contributed by atoms with E-state index in [1.807, 2.05) is 26.8 Å². The number of carbonyl (C=O) groups is 2. The number of benzene rings is 1. The number of pyridine rings is 1. The van der Waals surface area contributed by atoms with Gasteiger partial charge in [-0.1, -0.05) is 32.9 Å². The van der Waals surface area contributed by atoms with E-state index in [1.54, 1.807) is 39.2 Å². The van der Waals surface area contributed by atoms with Crippen molar-refractivity contribution in [1.29, 1.82) is 0 Å². The third-order valence-corrected chi connectivity index (χ3v) is 6.96. The van der Waals surface area contributed by atoms with Gasteiger partial charge in [-0.15, -0.1) is 0 Å². The SMILES string of the molecule is C/C=C\C(C)CCC(=NC)Nc1cc(CN2C(=O)N(c3ccc(SC(F)(F)F)cc3)C(=O)C2(C)C)ccn1.CC. The lowest BCUT2D eigenvalue weighted by molar-refractivity contribution is -0.123. The van der Waals surface area contributed by atoms with E-state index in [0.29, 0.717) is 11.7 Å². The quantitative estimate of drug-likeness (QED) is 0.108. The van der Waals surface area contributed by atoms with Crippen molar-refractivity contribution in [1.82, 2.24) is 9.88 Å². The molecule has 1 N–H and O–H groups in total. The Labute approximate surface area is 238 Å². The van der Waals surface area contributed by atoms with Crippen molar-refractivity contribution in [2.75, 3.05) is 17.3 Å². The Balaban J connectivity index is 0.00000274. The number of thioether (sulfide) groups is 1. The Kier molecular flexibility index (Phi) is 11.8. The first-order valence-corrected chi connectivity index (χ1v) is 14.0. The number of halogens is 3. The summed E-state index contributed by atoms with van der Waals surface area (Å²) in [6.45, 7) is 11.6. The molecule has 1 atom stereocenters. The van der Waals surface area contributed by atoms with Crippen molar-refractivity contribution in [2.45, 2.75) is 76.9 Å². The Morgan fingerprint density at radius 1 is 1.18 bits per heavy atom. The lowest BCUT2D eigenvalue weighted by Crippen LogP contribution is -2.43. The fourth-order valence-electron chi connectivity index (χ4n) is 4.12. The number of carbonyl (C=O) groups excluding carboxylic acids is 2. The van der Waals surface area contributed by atoms with Gasteiger partial charge >= 0.3 is 11.5 Å². The van der Waals surface area contributed by atoms with Crippen LogP contribution in [0.1, 0.15) is 59.9 Å². The van der Waals surface area contributed by atoms with E-state index < -0.39 is 23.0 Å². The highest BCUT2D eigenvalue weighted by Gasteiger charge is 2.51. The van der Waals surface area contributed by atoms with E-state index in [-0.39, 0.29) is 28.9 Å². The number of aromatic nitrogens is 1. The fourth-order valence-corrected chi connectivity index (χ4v) is 4.66. The van der Waals surface area contributed by atoms with Gasteiger partial charge in [0.05, 0.1) is 5.69 Å². The van der Waals surface area contributed by atoms with Crippen molar-refractivity contribution in [3.8, 4) is 0 Å². The van der Waals surface area contributed by atoms with E-state index in [0.717, 1.165) is 29.1 Å².